The van der Waals surface area contributed by atoms with Crippen molar-refractivity contribution in [1.29, 1.82) is 0 Å². The fourth-order valence-electron chi connectivity index (χ4n) is 2.48. The molecule has 2 aliphatic rings. The highest BCUT2D eigenvalue weighted by Crippen LogP contribution is 2.29. The molecule has 0 spiro atoms. The van der Waals surface area contributed by atoms with Crippen molar-refractivity contribution in [2.75, 3.05) is 12.3 Å². The lowest BCUT2D eigenvalue weighted by Crippen LogP contribution is -2.51. The zero-order valence-corrected chi connectivity index (χ0v) is 10.9. The number of carbonyl (C=O) groups is 2. The van der Waals surface area contributed by atoms with Gasteiger partial charge in [-0.3, -0.25) is 9.59 Å². The van der Waals surface area contributed by atoms with Crippen LogP contribution in [0.5, 0.6) is 0 Å². The number of carboxylic acids is 1. The first-order valence-electron chi connectivity index (χ1n) is 6.15. The quantitative estimate of drug-likeness (QED) is 0.781. The summed E-state index contributed by atoms with van der Waals surface area (Å²) in [5.74, 6) is -1.57. The van der Waals surface area contributed by atoms with Crippen LogP contribution in [0.25, 0.3) is 0 Å². The summed E-state index contributed by atoms with van der Waals surface area (Å²) in [4.78, 5) is 24.3. The molecule has 0 radical (unpaired) electrons. The Morgan fingerprint density at radius 1 is 1.17 bits per heavy atom. The van der Waals surface area contributed by atoms with E-state index in [4.69, 9.17) is 5.11 Å². The fourth-order valence-corrected chi connectivity index (χ4v) is 4.31. The van der Waals surface area contributed by atoms with Crippen LogP contribution < -0.4 is 0 Å². The van der Waals surface area contributed by atoms with E-state index >= 15 is 0 Å². The molecule has 1 saturated heterocycles. The Hall–Kier alpha value is -1.11. The van der Waals surface area contributed by atoms with Crippen LogP contribution in [0.15, 0.2) is 0 Å². The maximum atomic E-state index is 12.2. The Morgan fingerprint density at radius 2 is 1.83 bits per heavy atom. The van der Waals surface area contributed by atoms with E-state index in [1.165, 1.54) is 4.90 Å². The van der Waals surface area contributed by atoms with E-state index in [2.05, 4.69) is 0 Å². The molecule has 1 amide bonds. The first-order valence-corrected chi connectivity index (χ1v) is 7.87. The molecule has 102 valence electrons. The molecule has 1 saturated carbocycles. The SMILES string of the molecule is O=C(O)CN(C(=O)C1CCCS1(=O)=O)C1CCC1. The summed E-state index contributed by atoms with van der Waals surface area (Å²) in [5.41, 5.74) is 0. The molecule has 7 heteroatoms. The second kappa shape index (κ2) is 4.87. The summed E-state index contributed by atoms with van der Waals surface area (Å²) in [6.45, 7) is -0.393. The van der Waals surface area contributed by atoms with Crippen molar-refractivity contribution in [2.24, 2.45) is 0 Å². The Balaban J connectivity index is 2.14. The van der Waals surface area contributed by atoms with Crippen LogP contribution in [0, 0.1) is 0 Å². The number of aliphatic carboxylic acids is 1. The van der Waals surface area contributed by atoms with Gasteiger partial charge in [-0.2, -0.15) is 0 Å². The van der Waals surface area contributed by atoms with Gasteiger partial charge in [-0.1, -0.05) is 0 Å². The Kier molecular flexibility index (Phi) is 3.61. The third-order valence-corrected chi connectivity index (χ3v) is 5.87. The van der Waals surface area contributed by atoms with Crippen LogP contribution in [0.1, 0.15) is 32.1 Å². The predicted octanol–water partition coefficient (Wildman–Crippen LogP) is 0.0293. The van der Waals surface area contributed by atoms with Crippen LogP contribution in [0.2, 0.25) is 0 Å². The Labute approximate surface area is 106 Å². The number of rotatable bonds is 4. The topological polar surface area (TPSA) is 91.8 Å². The molecule has 0 aromatic heterocycles. The van der Waals surface area contributed by atoms with Gasteiger partial charge < -0.3 is 10.0 Å². The van der Waals surface area contributed by atoms with Crippen molar-refractivity contribution in [1.82, 2.24) is 4.90 Å². The van der Waals surface area contributed by atoms with E-state index in [-0.39, 0.29) is 11.8 Å². The molecule has 2 rings (SSSR count). The minimum Gasteiger partial charge on any atom is -0.480 e. The molecule has 6 nitrogen and oxygen atoms in total. The predicted molar refractivity (Wildman–Crippen MR) is 63.8 cm³/mol. The maximum absolute atomic E-state index is 12.2. The standard InChI is InChI=1S/C11H17NO5S/c13-10(14)7-12(8-3-1-4-8)11(15)9-5-2-6-18(9,16)17/h8-9H,1-7H2,(H,13,14). The van der Waals surface area contributed by atoms with Gasteiger partial charge in [0.05, 0.1) is 5.75 Å². The molecule has 0 bridgehead atoms. The molecule has 1 aliphatic heterocycles. The van der Waals surface area contributed by atoms with Gasteiger partial charge in [0.2, 0.25) is 5.91 Å². The lowest BCUT2D eigenvalue weighted by atomic mass is 9.91. The highest BCUT2D eigenvalue weighted by atomic mass is 32.2. The van der Waals surface area contributed by atoms with Crippen molar-refractivity contribution in [3.63, 3.8) is 0 Å². The lowest BCUT2D eigenvalue weighted by molar-refractivity contribution is -0.147. The van der Waals surface area contributed by atoms with E-state index in [1.54, 1.807) is 0 Å². The molecule has 1 N–H and O–H groups in total. The summed E-state index contributed by atoms with van der Waals surface area (Å²) in [6, 6.07) is -0.0931. The largest absolute Gasteiger partial charge is 0.480 e. The van der Waals surface area contributed by atoms with Crippen LogP contribution >= 0.6 is 0 Å². The van der Waals surface area contributed by atoms with Gasteiger partial charge in [0.1, 0.15) is 11.8 Å². The summed E-state index contributed by atoms with van der Waals surface area (Å²) >= 11 is 0. The minimum atomic E-state index is -3.37. The van der Waals surface area contributed by atoms with Crippen molar-refractivity contribution in [2.45, 2.75) is 43.4 Å². The number of nitrogens with zero attached hydrogens (tertiary/aromatic N) is 1. The zero-order chi connectivity index (χ0) is 13.3. The van der Waals surface area contributed by atoms with Gasteiger partial charge in [-0.15, -0.1) is 0 Å². The number of carboxylic acid groups (broad SMARTS) is 1. The van der Waals surface area contributed by atoms with Crippen LogP contribution in [0.3, 0.4) is 0 Å². The van der Waals surface area contributed by atoms with E-state index in [0.717, 1.165) is 19.3 Å². The molecular formula is C11H17NO5S. The average molecular weight is 275 g/mol. The van der Waals surface area contributed by atoms with Crippen LogP contribution in [-0.4, -0.2) is 53.9 Å². The molecule has 0 aromatic carbocycles. The Bertz CT molecular complexity index is 454. The van der Waals surface area contributed by atoms with E-state index in [1.807, 2.05) is 0 Å². The van der Waals surface area contributed by atoms with Gasteiger partial charge in [-0.05, 0) is 32.1 Å². The molecule has 1 atom stereocenters. The molecule has 2 fully saturated rings. The van der Waals surface area contributed by atoms with Gasteiger partial charge in [0.25, 0.3) is 0 Å². The van der Waals surface area contributed by atoms with Gasteiger partial charge in [-0.25, -0.2) is 8.42 Å². The van der Waals surface area contributed by atoms with Crippen molar-refractivity contribution in [3.05, 3.63) is 0 Å². The summed E-state index contributed by atoms with van der Waals surface area (Å²) in [5, 5.41) is 7.81. The van der Waals surface area contributed by atoms with Gasteiger partial charge in [0, 0.05) is 6.04 Å². The van der Waals surface area contributed by atoms with Gasteiger partial charge >= 0.3 is 5.97 Å². The van der Waals surface area contributed by atoms with E-state index in [9.17, 15) is 18.0 Å². The first-order chi connectivity index (χ1) is 8.42. The molecule has 18 heavy (non-hydrogen) atoms. The monoisotopic (exact) mass is 275 g/mol. The number of carbonyl (C=O) groups excluding carboxylic acids is 1. The number of sulfone groups is 1. The first kappa shape index (κ1) is 13.3. The highest BCUT2D eigenvalue weighted by molar-refractivity contribution is 7.93. The minimum absolute atomic E-state index is 0.0367. The normalized spacial score (nSPS) is 26.6. The highest BCUT2D eigenvalue weighted by Gasteiger charge is 2.42. The average Bonchev–Trinajstić information content (AvgIpc) is 2.52. The summed E-state index contributed by atoms with van der Waals surface area (Å²) < 4.78 is 23.5. The molecule has 1 aliphatic carbocycles. The van der Waals surface area contributed by atoms with Crippen molar-refractivity contribution >= 4 is 21.7 Å². The molecule has 1 heterocycles. The summed E-state index contributed by atoms with van der Waals surface area (Å²) in [6.07, 6.45) is 3.32. The van der Waals surface area contributed by atoms with Crippen molar-refractivity contribution in [3.8, 4) is 0 Å². The zero-order valence-electron chi connectivity index (χ0n) is 10.0. The lowest BCUT2D eigenvalue weighted by Gasteiger charge is -2.37. The number of hydrogen-bond donors (Lipinski definition) is 1. The van der Waals surface area contributed by atoms with Gasteiger partial charge in [0.15, 0.2) is 9.84 Å². The van der Waals surface area contributed by atoms with E-state index < -0.39 is 33.5 Å². The third kappa shape index (κ3) is 2.50. The number of hydrogen-bond acceptors (Lipinski definition) is 4. The summed E-state index contributed by atoms with van der Waals surface area (Å²) in [7, 11) is -3.37. The molecule has 0 aromatic rings. The number of amides is 1. The molecule has 1 unspecified atom stereocenters. The fraction of sp³-hybridized carbons (Fsp3) is 0.818. The smallest absolute Gasteiger partial charge is 0.323 e. The van der Waals surface area contributed by atoms with Crippen molar-refractivity contribution < 1.29 is 23.1 Å². The van der Waals surface area contributed by atoms with Crippen LogP contribution in [0.4, 0.5) is 0 Å². The third-order valence-electron chi connectivity index (χ3n) is 3.71. The van der Waals surface area contributed by atoms with E-state index in [0.29, 0.717) is 12.8 Å². The second-order valence-electron chi connectivity index (χ2n) is 4.94. The maximum Gasteiger partial charge on any atom is 0.323 e. The van der Waals surface area contributed by atoms with Crippen LogP contribution in [-0.2, 0) is 19.4 Å². The second-order valence-corrected chi connectivity index (χ2v) is 7.25. The molecular weight excluding hydrogens is 258 g/mol. The Morgan fingerprint density at radius 3 is 2.22 bits per heavy atom.